The van der Waals surface area contributed by atoms with Crippen molar-refractivity contribution in [3.63, 3.8) is 0 Å². The van der Waals surface area contributed by atoms with E-state index in [4.69, 9.17) is 20.2 Å². The lowest BCUT2D eigenvalue weighted by Gasteiger charge is -2.42. The number of nitrogens with zero attached hydrogens (tertiary/aromatic N) is 5. The summed E-state index contributed by atoms with van der Waals surface area (Å²) >= 11 is 0. The fourth-order valence-corrected chi connectivity index (χ4v) is 8.59. The number of fused-ring (bicyclic) bond motifs is 6. The second-order valence-corrected chi connectivity index (χ2v) is 13.7. The second-order valence-electron chi connectivity index (χ2n) is 13.7. The highest BCUT2D eigenvalue weighted by atomic mass is 19.4. The predicted molar refractivity (Wildman–Crippen MR) is 161 cm³/mol. The Kier molecular flexibility index (Phi) is 7.19. The Labute approximate surface area is 271 Å². The minimum atomic E-state index is -5.08. The monoisotopic (exact) mass is 681 g/mol. The Morgan fingerprint density at radius 2 is 1.90 bits per heavy atom. The number of nitrogens with one attached hydrogen (secondary N) is 1. The Hall–Kier alpha value is -3.66. The van der Waals surface area contributed by atoms with Crippen molar-refractivity contribution in [1.29, 1.82) is 0 Å². The Morgan fingerprint density at radius 1 is 1.10 bits per heavy atom. The first-order valence-corrected chi connectivity index (χ1v) is 16.2. The predicted octanol–water partition coefficient (Wildman–Crippen LogP) is 5.61. The molecule has 0 spiro atoms. The van der Waals surface area contributed by atoms with Gasteiger partial charge < -0.3 is 25.4 Å². The zero-order valence-corrected chi connectivity index (χ0v) is 26.2. The SMILES string of the molecule is Cc1c(F)c(N)cc(-c2nc3c4c(nc(OC[C@@H]5CC[C@H]6CC(F)(F)CCN56)nc4c2F)N2C[C@H]4CC[C@H](N4)[C@H]2[C@H](C)O3)c1C(F)(F)F. The van der Waals surface area contributed by atoms with Gasteiger partial charge >= 0.3 is 12.2 Å². The summed E-state index contributed by atoms with van der Waals surface area (Å²) in [5.41, 5.74) is 1.06. The molecule has 4 fully saturated rings. The van der Waals surface area contributed by atoms with E-state index < -0.39 is 57.9 Å². The van der Waals surface area contributed by atoms with Gasteiger partial charge in [-0.15, -0.1) is 0 Å². The molecule has 1 aromatic carbocycles. The van der Waals surface area contributed by atoms with Crippen LogP contribution < -0.4 is 25.4 Å². The van der Waals surface area contributed by atoms with E-state index in [1.807, 2.05) is 16.7 Å². The van der Waals surface area contributed by atoms with Crippen LogP contribution in [0.15, 0.2) is 6.07 Å². The normalized spacial score (nSPS) is 29.4. The molecule has 5 aliphatic rings. The Bertz CT molecular complexity index is 1810. The van der Waals surface area contributed by atoms with Gasteiger partial charge in [-0.3, -0.25) is 4.90 Å². The van der Waals surface area contributed by atoms with Gasteiger partial charge in [0.1, 0.15) is 40.9 Å². The van der Waals surface area contributed by atoms with E-state index in [9.17, 15) is 26.3 Å². The van der Waals surface area contributed by atoms with Gasteiger partial charge in [0, 0.05) is 55.7 Å². The van der Waals surface area contributed by atoms with Crippen LogP contribution in [0.1, 0.15) is 56.6 Å². The number of piperidine rings is 1. The Balaban J connectivity index is 1.27. The number of aromatic nitrogens is 3. The number of rotatable bonds is 4. The van der Waals surface area contributed by atoms with Crippen molar-refractivity contribution < 1.29 is 40.2 Å². The molecule has 2 bridgehead atoms. The van der Waals surface area contributed by atoms with Crippen LogP contribution in [0.4, 0.5) is 42.2 Å². The first-order valence-electron chi connectivity index (χ1n) is 16.2. The summed E-state index contributed by atoms with van der Waals surface area (Å²) in [6.45, 7) is 3.50. The van der Waals surface area contributed by atoms with Crippen LogP contribution in [0.2, 0.25) is 0 Å². The number of hydrogen-bond acceptors (Lipinski definition) is 9. The fourth-order valence-electron chi connectivity index (χ4n) is 8.59. The smallest absolute Gasteiger partial charge is 0.417 e. The maximum atomic E-state index is 16.8. The summed E-state index contributed by atoms with van der Waals surface area (Å²) < 4.78 is 115. The average Bonchev–Trinajstić information content (AvgIpc) is 3.56. The number of hydrogen-bond donors (Lipinski definition) is 2. The third-order valence-corrected chi connectivity index (χ3v) is 10.7. The lowest BCUT2D eigenvalue weighted by Crippen LogP contribution is -2.62. The number of pyridine rings is 1. The highest BCUT2D eigenvalue weighted by Crippen LogP contribution is 2.47. The molecule has 0 amide bonds. The van der Waals surface area contributed by atoms with Gasteiger partial charge in [-0.1, -0.05) is 0 Å². The molecule has 258 valence electrons. The first-order chi connectivity index (χ1) is 22.7. The second kappa shape index (κ2) is 10.9. The van der Waals surface area contributed by atoms with E-state index in [0.717, 1.165) is 25.8 Å². The van der Waals surface area contributed by atoms with Crippen molar-refractivity contribution in [3.8, 4) is 23.1 Å². The van der Waals surface area contributed by atoms with Crippen LogP contribution in [0, 0.1) is 18.6 Å². The van der Waals surface area contributed by atoms with E-state index in [2.05, 4.69) is 15.3 Å². The zero-order valence-electron chi connectivity index (χ0n) is 26.2. The minimum absolute atomic E-state index is 0.00389. The Morgan fingerprint density at radius 3 is 2.67 bits per heavy atom. The molecule has 0 saturated carbocycles. The van der Waals surface area contributed by atoms with E-state index in [1.54, 1.807) is 0 Å². The van der Waals surface area contributed by atoms with E-state index >= 15 is 4.39 Å². The summed E-state index contributed by atoms with van der Waals surface area (Å²) in [5, 5.41) is 3.66. The molecule has 0 aliphatic carbocycles. The highest BCUT2D eigenvalue weighted by Gasteiger charge is 2.48. The largest absolute Gasteiger partial charge is 0.472 e. The number of benzene rings is 1. The number of nitrogens with two attached hydrogens (primary N) is 1. The molecular formula is C32H34F7N7O2. The summed E-state index contributed by atoms with van der Waals surface area (Å²) in [4.78, 5) is 17.4. The van der Waals surface area contributed by atoms with Crippen molar-refractivity contribution in [2.75, 3.05) is 30.3 Å². The molecule has 8 rings (SSSR count). The van der Waals surface area contributed by atoms with Crippen LogP contribution in [0.25, 0.3) is 22.2 Å². The van der Waals surface area contributed by atoms with E-state index in [1.165, 1.54) is 0 Å². The third kappa shape index (κ3) is 5.00. The third-order valence-electron chi connectivity index (χ3n) is 10.7. The van der Waals surface area contributed by atoms with Crippen LogP contribution in [-0.4, -0.2) is 81.8 Å². The van der Waals surface area contributed by atoms with Crippen LogP contribution in [0.3, 0.4) is 0 Å². The maximum Gasteiger partial charge on any atom is 0.417 e. The standard InChI is InChI=1S/C32H34F7N7O2/c1-13-22(32(37,38)39)18(9-19(40)23(13)33)25-24(34)26-21-28(46-11-15-3-6-20(41-15)27(46)14(2)48-29(21)42-25)44-30(43-26)47-12-17-5-4-16-10-31(35,36)7-8-45(16)17/h9,14-17,20,27,41H,3-8,10-12,40H2,1-2H3/t14-,15+,16-,17-,20-,27+/m0/s1. The van der Waals surface area contributed by atoms with Crippen LogP contribution >= 0.6 is 0 Å². The molecular weight excluding hydrogens is 647 g/mol. The lowest BCUT2D eigenvalue weighted by atomic mass is 9.96. The summed E-state index contributed by atoms with van der Waals surface area (Å²) in [7, 11) is 0. The fraction of sp³-hybridized carbons (Fsp3) is 0.594. The highest BCUT2D eigenvalue weighted by molar-refractivity contribution is 5.97. The van der Waals surface area contributed by atoms with Gasteiger partial charge in [-0.2, -0.15) is 23.1 Å². The van der Waals surface area contributed by atoms with E-state index in [0.29, 0.717) is 19.4 Å². The van der Waals surface area contributed by atoms with Gasteiger partial charge in [0.25, 0.3) is 5.92 Å². The molecule has 9 nitrogen and oxygen atoms in total. The first kappa shape index (κ1) is 31.6. The topological polar surface area (TPSA) is 102 Å². The van der Waals surface area contributed by atoms with Crippen molar-refractivity contribution >= 4 is 22.4 Å². The van der Waals surface area contributed by atoms with Crippen molar-refractivity contribution in [3.05, 3.63) is 28.8 Å². The van der Waals surface area contributed by atoms with Crippen molar-refractivity contribution in [1.82, 2.24) is 25.2 Å². The molecule has 4 saturated heterocycles. The number of halogens is 7. The summed E-state index contributed by atoms with van der Waals surface area (Å²) in [5.74, 6) is -5.06. The number of ether oxygens (including phenoxy) is 2. The summed E-state index contributed by atoms with van der Waals surface area (Å²) in [6.07, 6.45) is -3.14. The molecule has 2 aromatic heterocycles. The average molecular weight is 682 g/mol. The van der Waals surface area contributed by atoms with Gasteiger partial charge in [0.2, 0.25) is 5.88 Å². The van der Waals surface area contributed by atoms with Gasteiger partial charge in [-0.05, 0) is 51.2 Å². The molecule has 0 unspecified atom stereocenters. The number of piperazine rings is 1. The molecule has 3 N–H and O–H groups in total. The van der Waals surface area contributed by atoms with Crippen LogP contribution in [-0.2, 0) is 6.18 Å². The minimum Gasteiger partial charge on any atom is -0.472 e. The van der Waals surface area contributed by atoms with Crippen LogP contribution in [0.5, 0.6) is 11.9 Å². The molecule has 6 atom stereocenters. The number of nitrogen functional groups attached to an aromatic ring is 1. The summed E-state index contributed by atoms with van der Waals surface area (Å²) in [6, 6.07) is -0.119. The molecule has 16 heteroatoms. The number of alkyl halides is 5. The van der Waals surface area contributed by atoms with Gasteiger partial charge in [0.15, 0.2) is 5.82 Å². The zero-order chi connectivity index (χ0) is 33.9. The van der Waals surface area contributed by atoms with E-state index in [-0.39, 0.29) is 84.8 Å². The molecule has 3 aromatic rings. The quantitative estimate of drug-likeness (QED) is 0.269. The lowest BCUT2D eigenvalue weighted by molar-refractivity contribution is -0.137. The van der Waals surface area contributed by atoms with Gasteiger partial charge in [0.05, 0.1) is 17.3 Å². The van der Waals surface area contributed by atoms with Gasteiger partial charge in [-0.25, -0.2) is 22.5 Å². The van der Waals surface area contributed by atoms with Crippen molar-refractivity contribution in [2.45, 2.75) is 101 Å². The molecule has 5 aliphatic heterocycles. The maximum absolute atomic E-state index is 16.8. The number of anilines is 2. The van der Waals surface area contributed by atoms with Crippen molar-refractivity contribution in [2.24, 2.45) is 0 Å². The molecule has 7 heterocycles. The molecule has 0 radical (unpaired) electrons. The molecule has 48 heavy (non-hydrogen) atoms.